The van der Waals surface area contributed by atoms with Crippen LogP contribution in [0.2, 0.25) is 0 Å². The molecule has 0 aliphatic carbocycles. The molecule has 1 heterocycles. The first-order valence-corrected chi connectivity index (χ1v) is 3.74. The summed E-state index contributed by atoms with van der Waals surface area (Å²) in [7, 11) is 1.67. The molecule has 0 N–H and O–H groups in total. The second-order valence-electron chi connectivity index (χ2n) is 2.13. The van der Waals surface area contributed by atoms with E-state index in [4.69, 9.17) is 0 Å². The van der Waals surface area contributed by atoms with Gasteiger partial charge in [0.25, 0.3) is 6.43 Å². The Morgan fingerprint density at radius 3 is 2.60 bits per heavy atom. The standard InChI is InChI=1S/C5H7BrF2N2/c1-10-2-3(6)4(9-10)5(7)8/h3,5H,2H2,1H3. The smallest absolute Gasteiger partial charge is 0.279 e. The van der Waals surface area contributed by atoms with Gasteiger partial charge in [-0.1, -0.05) is 15.9 Å². The predicted octanol–water partition coefficient (Wildman–Crippen LogP) is 1.32. The second-order valence-corrected chi connectivity index (χ2v) is 3.24. The fourth-order valence-electron chi connectivity index (χ4n) is 0.806. The summed E-state index contributed by atoms with van der Waals surface area (Å²) in [6.07, 6.45) is -2.44. The van der Waals surface area contributed by atoms with Crippen molar-refractivity contribution in [2.24, 2.45) is 5.10 Å². The van der Waals surface area contributed by atoms with Crippen LogP contribution in [-0.4, -0.2) is 35.6 Å². The Kier molecular flexibility index (Phi) is 2.23. The minimum atomic E-state index is -2.44. The minimum Gasteiger partial charge on any atom is -0.298 e. The van der Waals surface area contributed by atoms with E-state index in [2.05, 4.69) is 21.0 Å². The van der Waals surface area contributed by atoms with Gasteiger partial charge < -0.3 is 0 Å². The molecule has 1 unspecified atom stereocenters. The fraction of sp³-hybridized carbons (Fsp3) is 0.800. The van der Waals surface area contributed by atoms with E-state index >= 15 is 0 Å². The lowest BCUT2D eigenvalue weighted by molar-refractivity contribution is 0.223. The Bertz CT molecular complexity index is 160. The molecule has 0 bridgehead atoms. The van der Waals surface area contributed by atoms with Gasteiger partial charge in [-0.25, -0.2) is 8.78 Å². The van der Waals surface area contributed by atoms with Crippen LogP contribution in [-0.2, 0) is 0 Å². The molecule has 58 valence electrons. The zero-order valence-electron chi connectivity index (χ0n) is 5.39. The molecule has 0 fully saturated rings. The van der Waals surface area contributed by atoms with E-state index in [0.29, 0.717) is 6.54 Å². The van der Waals surface area contributed by atoms with Crippen LogP contribution in [0.25, 0.3) is 0 Å². The average Bonchev–Trinajstić information content (AvgIpc) is 2.10. The molecule has 1 rings (SSSR count). The first-order chi connectivity index (χ1) is 4.61. The summed E-state index contributed by atoms with van der Waals surface area (Å²) in [6.45, 7) is 0.527. The third-order valence-corrected chi connectivity index (χ3v) is 2.01. The first kappa shape index (κ1) is 7.91. The highest BCUT2D eigenvalue weighted by atomic mass is 79.9. The van der Waals surface area contributed by atoms with Crippen molar-refractivity contribution in [1.29, 1.82) is 0 Å². The van der Waals surface area contributed by atoms with Gasteiger partial charge in [-0.05, 0) is 0 Å². The van der Waals surface area contributed by atoms with Crippen molar-refractivity contribution >= 4 is 21.6 Å². The number of hydrazone groups is 1. The Labute approximate surface area is 66.0 Å². The van der Waals surface area contributed by atoms with Gasteiger partial charge in [0.15, 0.2) is 0 Å². The number of nitrogens with zero attached hydrogens (tertiary/aromatic N) is 2. The first-order valence-electron chi connectivity index (χ1n) is 2.83. The van der Waals surface area contributed by atoms with Crippen LogP contribution in [0.1, 0.15) is 0 Å². The van der Waals surface area contributed by atoms with Crippen molar-refractivity contribution < 1.29 is 8.78 Å². The molecular formula is C5H7BrF2N2. The van der Waals surface area contributed by atoms with Crippen LogP contribution < -0.4 is 0 Å². The molecule has 0 aromatic carbocycles. The highest BCUT2D eigenvalue weighted by Gasteiger charge is 2.28. The van der Waals surface area contributed by atoms with Gasteiger partial charge in [0.05, 0.1) is 11.4 Å². The molecule has 1 atom stereocenters. The van der Waals surface area contributed by atoms with Crippen LogP contribution >= 0.6 is 15.9 Å². The van der Waals surface area contributed by atoms with Crippen LogP contribution in [0.15, 0.2) is 5.10 Å². The largest absolute Gasteiger partial charge is 0.298 e. The number of hydrogen-bond acceptors (Lipinski definition) is 2. The molecule has 1 aliphatic heterocycles. The highest BCUT2D eigenvalue weighted by Crippen LogP contribution is 2.17. The van der Waals surface area contributed by atoms with E-state index in [1.165, 1.54) is 5.01 Å². The quantitative estimate of drug-likeness (QED) is 0.599. The van der Waals surface area contributed by atoms with E-state index in [1.54, 1.807) is 7.05 Å². The Morgan fingerprint density at radius 2 is 2.40 bits per heavy atom. The van der Waals surface area contributed by atoms with Crippen molar-refractivity contribution in [2.45, 2.75) is 11.3 Å². The van der Waals surface area contributed by atoms with Crippen molar-refractivity contribution in [2.75, 3.05) is 13.6 Å². The van der Waals surface area contributed by atoms with Crippen molar-refractivity contribution in [3.05, 3.63) is 0 Å². The third-order valence-electron chi connectivity index (χ3n) is 1.26. The normalized spacial score (nSPS) is 25.9. The topological polar surface area (TPSA) is 15.6 Å². The molecule has 0 aromatic heterocycles. The molecule has 0 aromatic rings. The molecule has 0 saturated heterocycles. The van der Waals surface area contributed by atoms with Gasteiger partial charge in [0.1, 0.15) is 5.71 Å². The van der Waals surface area contributed by atoms with Gasteiger partial charge in [0, 0.05) is 7.05 Å². The summed E-state index contributed by atoms with van der Waals surface area (Å²) >= 11 is 3.09. The second kappa shape index (κ2) is 2.82. The van der Waals surface area contributed by atoms with Crippen LogP contribution in [0.5, 0.6) is 0 Å². The summed E-state index contributed by atoms with van der Waals surface area (Å²) in [5, 5.41) is 5.12. The van der Waals surface area contributed by atoms with E-state index in [0.717, 1.165) is 0 Å². The summed E-state index contributed by atoms with van der Waals surface area (Å²) < 4.78 is 24.0. The van der Waals surface area contributed by atoms with E-state index in [-0.39, 0.29) is 10.5 Å². The summed E-state index contributed by atoms with van der Waals surface area (Å²) in [5.41, 5.74) is -0.0671. The monoisotopic (exact) mass is 212 g/mol. The molecule has 1 aliphatic rings. The lowest BCUT2D eigenvalue weighted by Crippen LogP contribution is -2.21. The summed E-state index contributed by atoms with van der Waals surface area (Å²) in [5.74, 6) is 0. The molecule has 2 nitrogen and oxygen atoms in total. The van der Waals surface area contributed by atoms with Crippen LogP contribution in [0, 0.1) is 0 Å². The summed E-state index contributed by atoms with van der Waals surface area (Å²) in [6, 6.07) is 0. The van der Waals surface area contributed by atoms with Crippen LogP contribution in [0.3, 0.4) is 0 Å². The van der Waals surface area contributed by atoms with E-state index in [1.807, 2.05) is 0 Å². The van der Waals surface area contributed by atoms with Crippen molar-refractivity contribution in [3.63, 3.8) is 0 Å². The maximum absolute atomic E-state index is 12.0. The lowest BCUT2D eigenvalue weighted by Gasteiger charge is -2.03. The lowest BCUT2D eigenvalue weighted by atomic mass is 10.3. The maximum Gasteiger partial charge on any atom is 0.279 e. The highest BCUT2D eigenvalue weighted by molar-refractivity contribution is 9.10. The van der Waals surface area contributed by atoms with E-state index in [9.17, 15) is 8.78 Å². The SMILES string of the molecule is CN1CC(Br)C(C(F)F)=N1. The number of halogens is 3. The zero-order valence-corrected chi connectivity index (χ0v) is 6.98. The molecule has 0 spiro atoms. The molecule has 10 heavy (non-hydrogen) atoms. The van der Waals surface area contributed by atoms with Gasteiger partial charge in [-0.15, -0.1) is 0 Å². The number of alkyl halides is 3. The zero-order chi connectivity index (χ0) is 7.72. The molecule has 0 radical (unpaired) electrons. The minimum absolute atomic E-state index is 0.0671. The van der Waals surface area contributed by atoms with Gasteiger partial charge in [0.2, 0.25) is 0 Å². The van der Waals surface area contributed by atoms with E-state index < -0.39 is 6.43 Å². The number of rotatable bonds is 1. The Hall–Kier alpha value is -0.190. The van der Waals surface area contributed by atoms with Gasteiger partial charge >= 0.3 is 0 Å². The molecule has 0 amide bonds. The summed E-state index contributed by atoms with van der Waals surface area (Å²) in [4.78, 5) is -0.280. The van der Waals surface area contributed by atoms with Crippen molar-refractivity contribution in [1.82, 2.24) is 5.01 Å². The molecule has 0 saturated carbocycles. The Balaban J connectivity index is 2.65. The fourth-order valence-corrected chi connectivity index (χ4v) is 1.52. The number of hydrogen-bond donors (Lipinski definition) is 0. The Morgan fingerprint density at radius 1 is 1.80 bits per heavy atom. The van der Waals surface area contributed by atoms with Gasteiger partial charge in [-0.3, -0.25) is 5.01 Å². The third kappa shape index (κ3) is 1.45. The maximum atomic E-state index is 12.0. The predicted molar refractivity (Wildman–Crippen MR) is 38.8 cm³/mol. The molecule has 5 heteroatoms. The van der Waals surface area contributed by atoms with Crippen molar-refractivity contribution in [3.8, 4) is 0 Å². The average molecular weight is 213 g/mol. The van der Waals surface area contributed by atoms with Crippen LogP contribution in [0.4, 0.5) is 8.78 Å². The van der Waals surface area contributed by atoms with Gasteiger partial charge in [-0.2, -0.15) is 5.10 Å². The molecular weight excluding hydrogens is 206 g/mol.